The van der Waals surface area contributed by atoms with Gasteiger partial charge in [0.1, 0.15) is 11.6 Å². The number of fused-ring (bicyclic) bond motifs is 4. The maximum absolute atomic E-state index is 5.52. The molecule has 2 aromatic rings. The summed E-state index contributed by atoms with van der Waals surface area (Å²) in [4.78, 5) is 9.29. The zero-order chi connectivity index (χ0) is 15.5. The Labute approximate surface area is 130 Å². The summed E-state index contributed by atoms with van der Waals surface area (Å²) >= 11 is 0. The van der Waals surface area contributed by atoms with Gasteiger partial charge in [0.05, 0.1) is 19.0 Å². The molecule has 2 aromatic heterocycles. The van der Waals surface area contributed by atoms with Crippen LogP contribution in [0.3, 0.4) is 0 Å². The van der Waals surface area contributed by atoms with Crippen molar-refractivity contribution in [2.45, 2.75) is 51.4 Å². The fourth-order valence-electron chi connectivity index (χ4n) is 4.60. The third-order valence-corrected chi connectivity index (χ3v) is 5.59. The lowest BCUT2D eigenvalue weighted by Gasteiger charge is -2.47. The van der Waals surface area contributed by atoms with Crippen molar-refractivity contribution in [1.29, 1.82) is 0 Å². The molecule has 5 nitrogen and oxygen atoms in total. The molecule has 0 fully saturated rings. The minimum atomic E-state index is -0.00741. The number of ether oxygens (including phenoxy) is 1. The van der Waals surface area contributed by atoms with E-state index in [0.717, 1.165) is 42.4 Å². The van der Waals surface area contributed by atoms with Crippen molar-refractivity contribution in [1.82, 2.24) is 15.1 Å². The Hall–Kier alpha value is -1.91. The van der Waals surface area contributed by atoms with Gasteiger partial charge in [0.25, 0.3) is 0 Å². The van der Waals surface area contributed by atoms with Gasteiger partial charge >= 0.3 is 0 Å². The van der Waals surface area contributed by atoms with Crippen molar-refractivity contribution < 1.29 is 9.26 Å². The van der Waals surface area contributed by atoms with Gasteiger partial charge in [-0.3, -0.25) is 0 Å². The molecule has 0 bridgehead atoms. The van der Waals surface area contributed by atoms with Crippen LogP contribution in [0.5, 0.6) is 5.88 Å². The number of aryl methyl sites for hydroxylation is 1. The Morgan fingerprint density at radius 2 is 2.18 bits per heavy atom. The fourth-order valence-corrected chi connectivity index (χ4v) is 4.60. The number of aromatic nitrogens is 3. The first-order valence-electron chi connectivity index (χ1n) is 7.90. The van der Waals surface area contributed by atoms with Gasteiger partial charge < -0.3 is 9.26 Å². The van der Waals surface area contributed by atoms with Gasteiger partial charge in [0, 0.05) is 22.5 Å². The van der Waals surface area contributed by atoms with Crippen LogP contribution in [0.25, 0.3) is 0 Å². The highest BCUT2D eigenvalue weighted by molar-refractivity contribution is 5.43. The second kappa shape index (κ2) is 4.54. The van der Waals surface area contributed by atoms with E-state index in [-0.39, 0.29) is 5.41 Å². The fraction of sp³-hybridized carbons (Fsp3) is 0.588. The second-order valence-electron chi connectivity index (χ2n) is 6.85. The summed E-state index contributed by atoms with van der Waals surface area (Å²) in [5.74, 6) is 3.46. The van der Waals surface area contributed by atoms with Crippen LogP contribution in [0, 0.1) is 12.8 Å². The van der Waals surface area contributed by atoms with Crippen molar-refractivity contribution in [3.05, 3.63) is 34.6 Å². The first kappa shape index (κ1) is 13.7. The molecule has 0 aromatic carbocycles. The maximum Gasteiger partial charge on any atom is 0.219 e. The van der Waals surface area contributed by atoms with Crippen molar-refractivity contribution >= 4 is 0 Å². The van der Waals surface area contributed by atoms with E-state index in [0.29, 0.717) is 11.8 Å². The van der Waals surface area contributed by atoms with Crippen LogP contribution < -0.4 is 4.74 Å². The first-order chi connectivity index (χ1) is 10.5. The molecule has 0 unspecified atom stereocenters. The van der Waals surface area contributed by atoms with Gasteiger partial charge in [-0.1, -0.05) is 19.0 Å². The predicted octanol–water partition coefficient (Wildman–Crippen LogP) is 2.96. The normalized spacial score (nSPS) is 29.5. The Kier molecular flexibility index (Phi) is 2.83. The molecule has 22 heavy (non-hydrogen) atoms. The number of methoxy groups -OCH3 is 1. The summed E-state index contributed by atoms with van der Waals surface area (Å²) < 4.78 is 11.0. The number of hydrogen-bond donors (Lipinski definition) is 0. The third kappa shape index (κ3) is 1.68. The standard InChI is InChI=1S/C17H21N3O2/c1-9-13-6-5-12-15(19-10(2)20-16(12)21-4)17(13,3)7-11-8-18-22-14(9)11/h8-9,13H,5-7H2,1-4H3/t9-,13-,17-/m0/s1. The molecule has 0 aliphatic heterocycles. The summed E-state index contributed by atoms with van der Waals surface area (Å²) in [5, 5.41) is 4.02. The number of rotatable bonds is 1. The molecular formula is C17H21N3O2. The summed E-state index contributed by atoms with van der Waals surface area (Å²) in [5.41, 5.74) is 3.55. The van der Waals surface area contributed by atoms with Crippen LogP contribution in [0.1, 0.15) is 54.6 Å². The molecule has 2 aliphatic carbocycles. The van der Waals surface area contributed by atoms with Crippen LogP contribution in [-0.2, 0) is 18.3 Å². The van der Waals surface area contributed by atoms with Crippen molar-refractivity contribution in [2.24, 2.45) is 5.92 Å². The van der Waals surface area contributed by atoms with Crippen LogP contribution in [0.15, 0.2) is 10.7 Å². The van der Waals surface area contributed by atoms with E-state index in [4.69, 9.17) is 14.2 Å². The quantitative estimate of drug-likeness (QED) is 0.810. The SMILES string of the molecule is COc1nc(C)nc2c1CC[C@H]1[C@H](C)c3oncc3C[C@]21C. The molecule has 3 atom stereocenters. The van der Waals surface area contributed by atoms with E-state index in [1.54, 1.807) is 7.11 Å². The lowest BCUT2D eigenvalue weighted by Crippen LogP contribution is -2.45. The third-order valence-electron chi connectivity index (χ3n) is 5.59. The van der Waals surface area contributed by atoms with E-state index in [9.17, 15) is 0 Å². The Bertz CT molecular complexity index is 740. The predicted molar refractivity (Wildman–Crippen MR) is 81.1 cm³/mol. The van der Waals surface area contributed by atoms with Gasteiger partial charge in [-0.2, -0.15) is 4.98 Å². The highest BCUT2D eigenvalue weighted by atomic mass is 16.5. The minimum absolute atomic E-state index is 0.00741. The van der Waals surface area contributed by atoms with Gasteiger partial charge in [-0.05, 0) is 32.1 Å². The van der Waals surface area contributed by atoms with Gasteiger partial charge in [-0.25, -0.2) is 4.98 Å². The molecule has 2 aliphatic rings. The van der Waals surface area contributed by atoms with E-state index in [1.807, 2.05) is 13.1 Å². The molecule has 5 heteroatoms. The molecule has 0 saturated heterocycles. The Morgan fingerprint density at radius 1 is 1.36 bits per heavy atom. The van der Waals surface area contributed by atoms with Gasteiger partial charge in [0.2, 0.25) is 5.88 Å². The monoisotopic (exact) mass is 299 g/mol. The average molecular weight is 299 g/mol. The number of hydrogen-bond acceptors (Lipinski definition) is 5. The number of nitrogens with zero attached hydrogens (tertiary/aromatic N) is 3. The molecule has 0 radical (unpaired) electrons. The van der Waals surface area contributed by atoms with Crippen molar-refractivity contribution in [3.63, 3.8) is 0 Å². The molecule has 0 N–H and O–H groups in total. The second-order valence-corrected chi connectivity index (χ2v) is 6.85. The van der Waals surface area contributed by atoms with E-state index >= 15 is 0 Å². The van der Waals surface area contributed by atoms with Crippen molar-refractivity contribution in [3.8, 4) is 5.88 Å². The van der Waals surface area contributed by atoms with Crippen molar-refractivity contribution in [2.75, 3.05) is 7.11 Å². The van der Waals surface area contributed by atoms with E-state index in [2.05, 4.69) is 24.0 Å². The highest BCUT2D eigenvalue weighted by Gasteiger charge is 2.50. The molecule has 0 saturated carbocycles. The lowest BCUT2D eigenvalue weighted by molar-refractivity contribution is 0.169. The highest BCUT2D eigenvalue weighted by Crippen LogP contribution is 2.53. The smallest absolute Gasteiger partial charge is 0.219 e. The van der Waals surface area contributed by atoms with Crippen LogP contribution >= 0.6 is 0 Å². The molecule has 0 amide bonds. The zero-order valence-electron chi connectivity index (χ0n) is 13.5. The molecule has 2 heterocycles. The van der Waals surface area contributed by atoms with Crippen LogP contribution in [-0.4, -0.2) is 22.2 Å². The zero-order valence-corrected chi connectivity index (χ0v) is 13.5. The lowest BCUT2D eigenvalue weighted by atomic mass is 9.56. The summed E-state index contributed by atoms with van der Waals surface area (Å²) in [6.45, 7) is 6.52. The topological polar surface area (TPSA) is 61.0 Å². The summed E-state index contributed by atoms with van der Waals surface area (Å²) in [6, 6.07) is 0. The van der Waals surface area contributed by atoms with E-state index < -0.39 is 0 Å². The van der Waals surface area contributed by atoms with Gasteiger partial charge in [0.15, 0.2) is 0 Å². The van der Waals surface area contributed by atoms with Crippen LogP contribution in [0.4, 0.5) is 0 Å². The molecular weight excluding hydrogens is 278 g/mol. The van der Waals surface area contributed by atoms with E-state index in [1.165, 1.54) is 11.1 Å². The molecule has 0 spiro atoms. The Balaban J connectivity index is 1.92. The molecule has 116 valence electrons. The molecule has 4 rings (SSSR count). The maximum atomic E-state index is 5.52. The van der Waals surface area contributed by atoms with Gasteiger partial charge in [-0.15, -0.1) is 0 Å². The van der Waals surface area contributed by atoms with Crippen LogP contribution in [0.2, 0.25) is 0 Å². The average Bonchev–Trinajstić information content (AvgIpc) is 2.95. The summed E-state index contributed by atoms with van der Waals surface area (Å²) in [7, 11) is 1.69. The first-order valence-corrected chi connectivity index (χ1v) is 7.90. The summed E-state index contributed by atoms with van der Waals surface area (Å²) in [6.07, 6.45) is 4.86. The minimum Gasteiger partial charge on any atom is -0.481 e. The largest absolute Gasteiger partial charge is 0.481 e. The Morgan fingerprint density at radius 3 is 2.95 bits per heavy atom.